The van der Waals surface area contributed by atoms with Gasteiger partial charge in [0.25, 0.3) is 0 Å². The van der Waals surface area contributed by atoms with Crippen LogP contribution in [0.4, 0.5) is 0 Å². The molecule has 2 N–H and O–H groups in total. The lowest BCUT2D eigenvalue weighted by atomic mass is 9.82. The van der Waals surface area contributed by atoms with E-state index in [1.807, 2.05) is 12.1 Å². The number of aliphatic carboxylic acids is 1. The Morgan fingerprint density at radius 2 is 2.18 bits per heavy atom. The van der Waals surface area contributed by atoms with E-state index in [-0.39, 0.29) is 5.92 Å². The van der Waals surface area contributed by atoms with Crippen LogP contribution >= 0.6 is 0 Å². The number of carboxylic acid groups (broad SMARTS) is 1. The van der Waals surface area contributed by atoms with Gasteiger partial charge in [-0.05, 0) is 50.3 Å². The molecule has 0 bridgehead atoms. The summed E-state index contributed by atoms with van der Waals surface area (Å²) in [4.78, 5) is 10.8. The van der Waals surface area contributed by atoms with Gasteiger partial charge in [-0.1, -0.05) is 0 Å². The standard InChI is InChI=1S/C13H19NO3/c15-13(16)11-5-3-10(4-6-11)8-14-9-12-2-1-7-17-12/h1-2,7,10-11,14H,3-6,8-9H2,(H,15,16). The number of carbonyl (C=O) groups is 1. The summed E-state index contributed by atoms with van der Waals surface area (Å²) in [5, 5.41) is 12.3. The summed E-state index contributed by atoms with van der Waals surface area (Å²) in [6, 6.07) is 3.84. The van der Waals surface area contributed by atoms with Crippen LogP contribution in [0.2, 0.25) is 0 Å². The number of rotatable bonds is 5. The van der Waals surface area contributed by atoms with Crippen LogP contribution in [0.3, 0.4) is 0 Å². The van der Waals surface area contributed by atoms with Gasteiger partial charge in [0.15, 0.2) is 0 Å². The van der Waals surface area contributed by atoms with Crippen molar-refractivity contribution in [2.24, 2.45) is 11.8 Å². The Kier molecular flexibility index (Phi) is 4.20. The van der Waals surface area contributed by atoms with E-state index in [1.54, 1.807) is 6.26 Å². The van der Waals surface area contributed by atoms with Gasteiger partial charge in [0.2, 0.25) is 0 Å². The molecule has 2 rings (SSSR count). The largest absolute Gasteiger partial charge is 0.481 e. The normalized spacial score (nSPS) is 24.7. The molecule has 4 nitrogen and oxygen atoms in total. The Hall–Kier alpha value is -1.29. The smallest absolute Gasteiger partial charge is 0.306 e. The summed E-state index contributed by atoms with van der Waals surface area (Å²) < 4.78 is 5.23. The maximum absolute atomic E-state index is 10.8. The molecule has 1 aliphatic rings. The summed E-state index contributed by atoms with van der Waals surface area (Å²) in [5.41, 5.74) is 0. The number of nitrogens with one attached hydrogen (secondary N) is 1. The first-order valence-corrected chi connectivity index (χ1v) is 6.21. The molecule has 4 heteroatoms. The van der Waals surface area contributed by atoms with Crippen LogP contribution in [0.25, 0.3) is 0 Å². The van der Waals surface area contributed by atoms with Gasteiger partial charge in [-0.25, -0.2) is 0 Å². The molecule has 94 valence electrons. The molecule has 1 aliphatic carbocycles. The number of carboxylic acids is 1. The van der Waals surface area contributed by atoms with Crippen LogP contribution in [-0.2, 0) is 11.3 Å². The highest BCUT2D eigenvalue weighted by Gasteiger charge is 2.25. The third-order valence-corrected chi connectivity index (χ3v) is 3.51. The Morgan fingerprint density at radius 3 is 2.76 bits per heavy atom. The van der Waals surface area contributed by atoms with Crippen LogP contribution in [0.1, 0.15) is 31.4 Å². The maximum atomic E-state index is 10.8. The summed E-state index contributed by atoms with van der Waals surface area (Å²) in [5.74, 6) is 0.813. The van der Waals surface area contributed by atoms with Crippen molar-refractivity contribution in [2.45, 2.75) is 32.2 Å². The van der Waals surface area contributed by atoms with Gasteiger partial charge in [0, 0.05) is 0 Å². The lowest BCUT2D eigenvalue weighted by Gasteiger charge is -2.26. The first kappa shape index (κ1) is 12.2. The Labute approximate surface area is 101 Å². The maximum Gasteiger partial charge on any atom is 0.306 e. The topological polar surface area (TPSA) is 62.5 Å². The van der Waals surface area contributed by atoms with Gasteiger partial charge in [-0.2, -0.15) is 0 Å². The molecule has 17 heavy (non-hydrogen) atoms. The Bertz CT molecular complexity index is 340. The van der Waals surface area contributed by atoms with Crippen molar-refractivity contribution in [3.05, 3.63) is 24.2 Å². The van der Waals surface area contributed by atoms with Crippen LogP contribution in [-0.4, -0.2) is 17.6 Å². The van der Waals surface area contributed by atoms with E-state index in [1.165, 1.54) is 0 Å². The van der Waals surface area contributed by atoms with Gasteiger partial charge in [-0.15, -0.1) is 0 Å². The fraction of sp³-hybridized carbons (Fsp3) is 0.615. The molecule has 0 aliphatic heterocycles. The highest BCUT2D eigenvalue weighted by atomic mass is 16.4. The van der Waals surface area contributed by atoms with E-state index < -0.39 is 5.97 Å². The molecule has 0 spiro atoms. The van der Waals surface area contributed by atoms with Crippen LogP contribution < -0.4 is 5.32 Å². The second-order valence-electron chi connectivity index (χ2n) is 4.77. The molecule has 1 fully saturated rings. The second kappa shape index (κ2) is 5.87. The zero-order chi connectivity index (χ0) is 12.1. The van der Waals surface area contributed by atoms with Crippen LogP contribution in [0.15, 0.2) is 22.8 Å². The van der Waals surface area contributed by atoms with E-state index in [0.717, 1.165) is 44.5 Å². The highest BCUT2D eigenvalue weighted by Crippen LogP contribution is 2.28. The average Bonchev–Trinajstić information content (AvgIpc) is 2.83. The van der Waals surface area contributed by atoms with Gasteiger partial charge < -0.3 is 14.8 Å². The summed E-state index contributed by atoms with van der Waals surface area (Å²) in [6.45, 7) is 1.71. The zero-order valence-corrected chi connectivity index (χ0v) is 9.89. The minimum atomic E-state index is -0.632. The average molecular weight is 237 g/mol. The summed E-state index contributed by atoms with van der Waals surface area (Å²) in [6.07, 6.45) is 5.35. The summed E-state index contributed by atoms with van der Waals surface area (Å²) >= 11 is 0. The molecule has 1 aromatic heterocycles. The highest BCUT2D eigenvalue weighted by molar-refractivity contribution is 5.69. The van der Waals surface area contributed by atoms with Crippen LogP contribution in [0, 0.1) is 11.8 Å². The quantitative estimate of drug-likeness (QED) is 0.824. The summed E-state index contributed by atoms with van der Waals surface area (Å²) in [7, 11) is 0. The first-order chi connectivity index (χ1) is 8.25. The first-order valence-electron chi connectivity index (χ1n) is 6.21. The van der Waals surface area contributed by atoms with Crippen molar-refractivity contribution in [3.8, 4) is 0 Å². The van der Waals surface area contributed by atoms with Gasteiger partial charge in [-0.3, -0.25) is 4.79 Å². The molecule has 1 aromatic rings. The third kappa shape index (κ3) is 3.60. The van der Waals surface area contributed by atoms with Crippen LogP contribution in [0.5, 0.6) is 0 Å². The molecular formula is C13H19NO3. The second-order valence-corrected chi connectivity index (χ2v) is 4.77. The predicted molar refractivity (Wildman–Crippen MR) is 63.5 cm³/mol. The molecule has 0 unspecified atom stereocenters. The van der Waals surface area contributed by atoms with E-state index in [4.69, 9.17) is 9.52 Å². The third-order valence-electron chi connectivity index (χ3n) is 3.51. The van der Waals surface area contributed by atoms with Gasteiger partial charge >= 0.3 is 5.97 Å². The predicted octanol–water partition coefficient (Wildman–Crippen LogP) is 2.26. The van der Waals surface area contributed by atoms with E-state index in [9.17, 15) is 4.79 Å². The lowest BCUT2D eigenvalue weighted by molar-refractivity contribution is -0.143. The molecule has 0 amide bonds. The lowest BCUT2D eigenvalue weighted by Crippen LogP contribution is -2.28. The molecule has 0 atom stereocenters. The Balaban J connectivity index is 1.63. The van der Waals surface area contributed by atoms with Crippen molar-refractivity contribution in [1.82, 2.24) is 5.32 Å². The minimum absolute atomic E-state index is 0.115. The number of hydrogen-bond acceptors (Lipinski definition) is 3. The molecule has 0 radical (unpaired) electrons. The number of furan rings is 1. The fourth-order valence-corrected chi connectivity index (χ4v) is 2.43. The minimum Gasteiger partial charge on any atom is -0.481 e. The van der Waals surface area contributed by atoms with Crippen molar-refractivity contribution in [1.29, 1.82) is 0 Å². The van der Waals surface area contributed by atoms with Crippen molar-refractivity contribution in [3.63, 3.8) is 0 Å². The molecule has 1 saturated carbocycles. The molecular weight excluding hydrogens is 218 g/mol. The van der Waals surface area contributed by atoms with E-state index in [0.29, 0.717) is 5.92 Å². The fourth-order valence-electron chi connectivity index (χ4n) is 2.43. The van der Waals surface area contributed by atoms with Crippen molar-refractivity contribution in [2.75, 3.05) is 6.54 Å². The van der Waals surface area contributed by atoms with Crippen molar-refractivity contribution >= 4 is 5.97 Å². The van der Waals surface area contributed by atoms with Gasteiger partial charge in [0.1, 0.15) is 5.76 Å². The zero-order valence-electron chi connectivity index (χ0n) is 9.89. The van der Waals surface area contributed by atoms with Gasteiger partial charge in [0.05, 0.1) is 18.7 Å². The molecule has 1 heterocycles. The molecule has 0 aromatic carbocycles. The van der Waals surface area contributed by atoms with Crippen molar-refractivity contribution < 1.29 is 14.3 Å². The SMILES string of the molecule is O=C(O)C1CCC(CNCc2ccco2)CC1. The van der Waals surface area contributed by atoms with E-state index in [2.05, 4.69) is 5.32 Å². The Morgan fingerprint density at radius 1 is 1.41 bits per heavy atom. The molecule has 0 saturated heterocycles. The van der Waals surface area contributed by atoms with E-state index >= 15 is 0 Å². The monoisotopic (exact) mass is 237 g/mol. The number of hydrogen-bond donors (Lipinski definition) is 2.